The van der Waals surface area contributed by atoms with Crippen LogP contribution in [0.4, 0.5) is 11.5 Å². The third-order valence-electron chi connectivity index (χ3n) is 3.71. The van der Waals surface area contributed by atoms with Crippen molar-refractivity contribution in [3.8, 4) is 11.4 Å². The van der Waals surface area contributed by atoms with Crippen molar-refractivity contribution in [1.82, 2.24) is 15.0 Å². The minimum absolute atomic E-state index is 0.0122. The first-order chi connectivity index (χ1) is 13.2. The number of anilines is 2. The summed E-state index contributed by atoms with van der Waals surface area (Å²) in [6.07, 6.45) is 3.41. The van der Waals surface area contributed by atoms with Gasteiger partial charge in [-0.25, -0.2) is 9.97 Å². The SMILES string of the molecule is CC(=O)Nc1ccc2nc(-c3cccnc3)nc(NCCOCCO)c2c1. The number of pyridine rings is 1. The molecule has 0 unspecified atom stereocenters. The molecule has 8 nitrogen and oxygen atoms in total. The average molecular weight is 367 g/mol. The number of nitrogens with one attached hydrogen (secondary N) is 2. The van der Waals surface area contributed by atoms with E-state index in [0.29, 0.717) is 37.1 Å². The van der Waals surface area contributed by atoms with Crippen LogP contribution in [-0.2, 0) is 9.53 Å². The smallest absolute Gasteiger partial charge is 0.221 e. The minimum atomic E-state index is -0.144. The Balaban J connectivity index is 1.96. The molecule has 0 saturated carbocycles. The van der Waals surface area contributed by atoms with E-state index in [1.165, 1.54) is 6.92 Å². The average Bonchev–Trinajstić information content (AvgIpc) is 2.68. The first kappa shape index (κ1) is 18.7. The molecule has 3 aromatic rings. The second-order valence-corrected chi connectivity index (χ2v) is 5.81. The molecular formula is C19H21N5O3. The van der Waals surface area contributed by atoms with Crippen LogP contribution in [0.25, 0.3) is 22.3 Å². The Bertz CT molecular complexity index is 918. The van der Waals surface area contributed by atoms with Crippen LogP contribution >= 0.6 is 0 Å². The van der Waals surface area contributed by atoms with Crippen LogP contribution in [-0.4, -0.2) is 52.3 Å². The summed E-state index contributed by atoms with van der Waals surface area (Å²) >= 11 is 0. The molecule has 0 saturated heterocycles. The number of aromatic nitrogens is 3. The molecule has 27 heavy (non-hydrogen) atoms. The Kier molecular flexibility index (Phi) is 6.24. The van der Waals surface area contributed by atoms with Crippen LogP contribution in [0.15, 0.2) is 42.7 Å². The van der Waals surface area contributed by atoms with Crippen LogP contribution in [0.1, 0.15) is 6.92 Å². The van der Waals surface area contributed by atoms with Gasteiger partial charge in [0.05, 0.1) is 25.3 Å². The molecule has 0 spiro atoms. The molecule has 3 rings (SSSR count). The van der Waals surface area contributed by atoms with Crippen molar-refractivity contribution in [3.05, 3.63) is 42.7 Å². The summed E-state index contributed by atoms with van der Waals surface area (Å²) in [4.78, 5) is 24.7. The lowest BCUT2D eigenvalue weighted by Crippen LogP contribution is -2.13. The highest BCUT2D eigenvalue weighted by atomic mass is 16.5. The van der Waals surface area contributed by atoms with Crippen molar-refractivity contribution >= 4 is 28.3 Å². The van der Waals surface area contributed by atoms with Crippen LogP contribution in [0.2, 0.25) is 0 Å². The van der Waals surface area contributed by atoms with E-state index in [1.54, 1.807) is 18.5 Å². The summed E-state index contributed by atoms with van der Waals surface area (Å²) in [6, 6.07) is 9.21. The number of fused-ring (bicyclic) bond motifs is 1. The fourth-order valence-corrected chi connectivity index (χ4v) is 2.58. The second-order valence-electron chi connectivity index (χ2n) is 5.81. The fourth-order valence-electron chi connectivity index (χ4n) is 2.58. The largest absolute Gasteiger partial charge is 0.394 e. The molecule has 0 fully saturated rings. The maximum atomic E-state index is 11.3. The van der Waals surface area contributed by atoms with Gasteiger partial charge in [-0.05, 0) is 30.3 Å². The molecule has 0 aliphatic rings. The summed E-state index contributed by atoms with van der Waals surface area (Å²) in [7, 11) is 0. The number of hydrogen-bond acceptors (Lipinski definition) is 7. The highest BCUT2D eigenvalue weighted by molar-refractivity contribution is 5.96. The van der Waals surface area contributed by atoms with Crippen molar-refractivity contribution in [3.63, 3.8) is 0 Å². The summed E-state index contributed by atoms with van der Waals surface area (Å²) < 4.78 is 5.28. The van der Waals surface area contributed by atoms with Gasteiger partial charge in [-0.2, -0.15) is 0 Å². The number of aliphatic hydroxyl groups excluding tert-OH is 1. The lowest BCUT2D eigenvalue weighted by molar-refractivity contribution is -0.114. The van der Waals surface area contributed by atoms with Gasteiger partial charge in [-0.3, -0.25) is 9.78 Å². The maximum absolute atomic E-state index is 11.3. The van der Waals surface area contributed by atoms with E-state index < -0.39 is 0 Å². The van der Waals surface area contributed by atoms with Gasteiger partial charge in [0.1, 0.15) is 5.82 Å². The van der Waals surface area contributed by atoms with E-state index in [-0.39, 0.29) is 12.5 Å². The van der Waals surface area contributed by atoms with Gasteiger partial charge >= 0.3 is 0 Å². The Morgan fingerprint density at radius 2 is 2.11 bits per heavy atom. The van der Waals surface area contributed by atoms with Gasteiger partial charge in [0, 0.05) is 42.5 Å². The number of hydrogen-bond donors (Lipinski definition) is 3. The van der Waals surface area contributed by atoms with E-state index in [2.05, 4.69) is 25.6 Å². The highest BCUT2D eigenvalue weighted by Crippen LogP contribution is 2.27. The van der Waals surface area contributed by atoms with E-state index in [4.69, 9.17) is 9.84 Å². The first-order valence-electron chi connectivity index (χ1n) is 8.59. The number of rotatable bonds is 8. The summed E-state index contributed by atoms with van der Waals surface area (Å²) in [5, 5.41) is 15.6. The molecule has 140 valence electrons. The summed E-state index contributed by atoms with van der Waals surface area (Å²) in [5.74, 6) is 1.05. The van der Waals surface area contributed by atoms with Crippen LogP contribution < -0.4 is 10.6 Å². The van der Waals surface area contributed by atoms with Crippen LogP contribution in [0.3, 0.4) is 0 Å². The molecule has 0 atom stereocenters. The fraction of sp³-hybridized carbons (Fsp3) is 0.263. The molecule has 0 aliphatic heterocycles. The predicted octanol–water partition coefficient (Wildman–Crippen LogP) is 2.07. The van der Waals surface area contributed by atoms with Gasteiger partial charge in [-0.15, -0.1) is 0 Å². The monoisotopic (exact) mass is 367 g/mol. The zero-order chi connectivity index (χ0) is 19.1. The standard InChI is InChI=1S/C19H21N5O3/c1-13(26)22-15-4-5-17-16(11-15)19(21-7-9-27-10-8-25)24-18(23-17)14-3-2-6-20-12-14/h2-6,11-12,25H,7-10H2,1H3,(H,22,26)(H,21,23,24). The number of amides is 1. The Hall–Kier alpha value is -3.10. The molecule has 0 aliphatic carbocycles. The van der Waals surface area contributed by atoms with Gasteiger partial charge in [0.2, 0.25) is 5.91 Å². The quantitative estimate of drug-likeness (QED) is 0.523. The van der Waals surface area contributed by atoms with E-state index in [9.17, 15) is 4.79 Å². The molecule has 1 amide bonds. The van der Waals surface area contributed by atoms with Gasteiger partial charge in [-0.1, -0.05) is 0 Å². The number of ether oxygens (including phenoxy) is 1. The number of nitrogens with zero attached hydrogens (tertiary/aromatic N) is 3. The van der Waals surface area contributed by atoms with Gasteiger partial charge in [0.15, 0.2) is 5.82 Å². The number of carbonyl (C=O) groups is 1. The van der Waals surface area contributed by atoms with Crippen molar-refractivity contribution in [1.29, 1.82) is 0 Å². The topological polar surface area (TPSA) is 109 Å². The Morgan fingerprint density at radius 3 is 2.85 bits per heavy atom. The molecule has 3 N–H and O–H groups in total. The minimum Gasteiger partial charge on any atom is -0.394 e. The maximum Gasteiger partial charge on any atom is 0.221 e. The normalized spacial score (nSPS) is 10.7. The molecule has 2 heterocycles. The van der Waals surface area contributed by atoms with Crippen molar-refractivity contribution < 1.29 is 14.6 Å². The molecule has 2 aromatic heterocycles. The van der Waals surface area contributed by atoms with E-state index in [0.717, 1.165) is 16.5 Å². The molecule has 8 heteroatoms. The van der Waals surface area contributed by atoms with Gasteiger partial charge in [0.25, 0.3) is 0 Å². The van der Waals surface area contributed by atoms with Crippen molar-refractivity contribution in [2.24, 2.45) is 0 Å². The number of carbonyl (C=O) groups excluding carboxylic acids is 1. The molecule has 1 aromatic carbocycles. The molecule has 0 radical (unpaired) electrons. The zero-order valence-corrected chi connectivity index (χ0v) is 15.0. The first-order valence-corrected chi connectivity index (χ1v) is 8.59. The lowest BCUT2D eigenvalue weighted by Gasteiger charge is -2.12. The molecular weight excluding hydrogens is 346 g/mol. The highest BCUT2D eigenvalue weighted by Gasteiger charge is 2.11. The van der Waals surface area contributed by atoms with Gasteiger partial charge < -0.3 is 20.5 Å². The van der Waals surface area contributed by atoms with Crippen molar-refractivity contribution in [2.45, 2.75) is 6.92 Å². The second kappa shape index (κ2) is 9.02. The number of benzene rings is 1. The van der Waals surface area contributed by atoms with Crippen LogP contribution in [0.5, 0.6) is 0 Å². The Morgan fingerprint density at radius 1 is 1.22 bits per heavy atom. The predicted molar refractivity (Wildman–Crippen MR) is 103 cm³/mol. The summed E-state index contributed by atoms with van der Waals surface area (Å²) in [6.45, 7) is 2.69. The number of aliphatic hydroxyl groups is 1. The molecule has 0 bridgehead atoms. The third-order valence-corrected chi connectivity index (χ3v) is 3.71. The lowest BCUT2D eigenvalue weighted by atomic mass is 10.2. The Labute approximate surface area is 156 Å². The van der Waals surface area contributed by atoms with Crippen LogP contribution in [0, 0.1) is 0 Å². The van der Waals surface area contributed by atoms with E-state index in [1.807, 2.05) is 24.3 Å². The third kappa shape index (κ3) is 4.96. The van der Waals surface area contributed by atoms with E-state index >= 15 is 0 Å². The van der Waals surface area contributed by atoms with Crippen molar-refractivity contribution in [2.75, 3.05) is 37.0 Å². The zero-order valence-electron chi connectivity index (χ0n) is 15.0. The summed E-state index contributed by atoms with van der Waals surface area (Å²) in [5.41, 5.74) is 2.23.